The second kappa shape index (κ2) is 5.55. The molecule has 2 rings (SSSR count). The molecule has 110 valence electrons. The van der Waals surface area contributed by atoms with Gasteiger partial charge in [-0.05, 0) is 33.4 Å². The van der Waals surface area contributed by atoms with Crippen molar-refractivity contribution in [2.24, 2.45) is 5.84 Å². The molecule has 0 saturated heterocycles. The maximum atomic E-state index is 11.0. The number of hydrazine groups is 1. The third-order valence-corrected chi connectivity index (χ3v) is 3.91. The van der Waals surface area contributed by atoms with Crippen LogP contribution in [0.1, 0.15) is 19.3 Å². The van der Waals surface area contributed by atoms with Crippen LogP contribution in [0.2, 0.25) is 0 Å². The number of nitrogens with one attached hydrogen (secondary N) is 2. The third-order valence-electron chi connectivity index (χ3n) is 3.91. The number of hydrogen-bond acceptors (Lipinski definition) is 8. The minimum absolute atomic E-state index is 0.0368. The maximum Gasteiger partial charge on any atom is 0.329 e. The molecule has 1 aliphatic carbocycles. The van der Waals surface area contributed by atoms with E-state index in [-0.39, 0.29) is 23.0 Å². The monoisotopic (exact) mass is 281 g/mol. The van der Waals surface area contributed by atoms with Crippen molar-refractivity contribution in [1.29, 1.82) is 0 Å². The standard InChI is InChI=1S/C11H19N7O2/c1-17(2)11(4-3-5-11)7-14-9-8(18(19)20)6-13-10(15-9)16-12/h6H,3-5,7,12H2,1-2H3,(H2,13,14,15,16). The summed E-state index contributed by atoms with van der Waals surface area (Å²) in [4.78, 5) is 20.4. The number of nitrogen functional groups attached to an aromatic ring is 1. The number of rotatable bonds is 6. The highest BCUT2D eigenvalue weighted by Crippen LogP contribution is 2.36. The smallest absolute Gasteiger partial charge is 0.329 e. The fourth-order valence-electron chi connectivity index (χ4n) is 2.32. The summed E-state index contributed by atoms with van der Waals surface area (Å²) >= 11 is 0. The van der Waals surface area contributed by atoms with E-state index in [2.05, 4.69) is 25.6 Å². The predicted octanol–water partition coefficient (Wildman–Crippen LogP) is 0.567. The second-order valence-corrected chi connectivity index (χ2v) is 5.15. The summed E-state index contributed by atoms with van der Waals surface area (Å²) in [5.74, 6) is 5.56. The maximum absolute atomic E-state index is 11.0. The van der Waals surface area contributed by atoms with Gasteiger partial charge in [-0.2, -0.15) is 4.98 Å². The van der Waals surface area contributed by atoms with Crippen LogP contribution in [0.4, 0.5) is 17.5 Å². The Morgan fingerprint density at radius 3 is 2.70 bits per heavy atom. The van der Waals surface area contributed by atoms with Crippen LogP contribution in [0.25, 0.3) is 0 Å². The highest BCUT2D eigenvalue weighted by Gasteiger charge is 2.39. The number of hydrogen-bond donors (Lipinski definition) is 3. The largest absolute Gasteiger partial charge is 0.362 e. The van der Waals surface area contributed by atoms with Gasteiger partial charge < -0.3 is 10.2 Å². The van der Waals surface area contributed by atoms with Crippen molar-refractivity contribution in [3.05, 3.63) is 16.3 Å². The molecule has 20 heavy (non-hydrogen) atoms. The van der Waals surface area contributed by atoms with Gasteiger partial charge >= 0.3 is 5.69 Å². The molecule has 4 N–H and O–H groups in total. The topological polar surface area (TPSA) is 122 Å². The summed E-state index contributed by atoms with van der Waals surface area (Å²) in [5, 5.41) is 14.1. The number of nitrogens with two attached hydrogens (primary N) is 1. The lowest BCUT2D eigenvalue weighted by Crippen LogP contribution is -2.54. The summed E-state index contributed by atoms with van der Waals surface area (Å²) in [7, 11) is 4.03. The molecule has 0 unspecified atom stereocenters. The molecule has 0 aliphatic heterocycles. The molecule has 0 spiro atoms. The molecule has 1 heterocycles. The van der Waals surface area contributed by atoms with E-state index in [0.717, 1.165) is 19.0 Å². The van der Waals surface area contributed by atoms with Gasteiger partial charge in [-0.3, -0.25) is 15.5 Å². The van der Waals surface area contributed by atoms with E-state index < -0.39 is 4.92 Å². The molecular formula is C11H19N7O2. The molecule has 1 aromatic rings. The van der Waals surface area contributed by atoms with Crippen LogP contribution in [0.15, 0.2) is 6.20 Å². The summed E-state index contributed by atoms with van der Waals surface area (Å²) in [5.41, 5.74) is 2.17. The van der Waals surface area contributed by atoms with Gasteiger partial charge in [-0.25, -0.2) is 10.8 Å². The van der Waals surface area contributed by atoms with Crippen LogP contribution in [-0.4, -0.2) is 46.0 Å². The number of likely N-dealkylation sites (N-methyl/N-ethyl adjacent to an activating group) is 1. The molecule has 9 nitrogen and oxygen atoms in total. The molecule has 0 aromatic carbocycles. The fraction of sp³-hybridized carbons (Fsp3) is 0.636. The van der Waals surface area contributed by atoms with Crippen LogP contribution in [0.3, 0.4) is 0 Å². The Kier molecular flexibility index (Phi) is 4.00. The van der Waals surface area contributed by atoms with Gasteiger partial charge in [0.1, 0.15) is 6.20 Å². The van der Waals surface area contributed by atoms with E-state index in [1.165, 1.54) is 6.42 Å². The van der Waals surface area contributed by atoms with Gasteiger partial charge in [0.15, 0.2) is 0 Å². The van der Waals surface area contributed by atoms with Gasteiger partial charge in [-0.15, -0.1) is 0 Å². The highest BCUT2D eigenvalue weighted by molar-refractivity contribution is 5.57. The molecule has 0 amide bonds. The molecule has 0 atom stereocenters. The molecular weight excluding hydrogens is 262 g/mol. The van der Waals surface area contributed by atoms with E-state index in [0.29, 0.717) is 6.54 Å². The van der Waals surface area contributed by atoms with Crippen molar-refractivity contribution < 1.29 is 4.92 Å². The first-order valence-corrected chi connectivity index (χ1v) is 6.38. The van der Waals surface area contributed by atoms with E-state index in [9.17, 15) is 10.1 Å². The lowest BCUT2D eigenvalue weighted by molar-refractivity contribution is -0.384. The van der Waals surface area contributed by atoms with Crippen molar-refractivity contribution >= 4 is 17.5 Å². The van der Waals surface area contributed by atoms with Gasteiger partial charge in [0.05, 0.1) is 4.92 Å². The van der Waals surface area contributed by atoms with Crippen molar-refractivity contribution in [3.63, 3.8) is 0 Å². The van der Waals surface area contributed by atoms with Gasteiger partial charge in [-0.1, -0.05) is 0 Å². The van der Waals surface area contributed by atoms with Crippen LogP contribution >= 0.6 is 0 Å². The number of nitrogens with zero attached hydrogens (tertiary/aromatic N) is 4. The van der Waals surface area contributed by atoms with Crippen LogP contribution in [0.5, 0.6) is 0 Å². The Balaban J connectivity index is 2.17. The lowest BCUT2D eigenvalue weighted by Gasteiger charge is -2.47. The van der Waals surface area contributed by atoms with Gasteiger partial charge in [0.2, 0.25) is 11.8 Å². The Morgan fingerprint density at radius 2 is 2.25 bits per heavy atom. The minimum Gasteiger partial charge on any atom is -0.362 e. The Bertz CT molecular complexity index is 502. The summed E-state index contributed by atoms with van der Waals surface area (Å²) in [6, 6.07) is 0. The van der Waals surface area contributed by atoms with E-state index in [1.807, 2.05) is 14.1 Å². The minimum atomic E-state index is -0.508. The molecule has 1 fully saturated rings. The van der Waals surface area contributed by atoms with E-state index in [1.54, 1.807) is 0 Å². The van der Waals surface area contributed by atoms with Gasteiger partial charge in [0.25, 0.3) is 0 Å². The Labute approximate surface area is 116 Å². The summed E-state index contributed by atoms with van der Waals surface area (Å²) in [6.45, 7) is 0.599. The Morgan fingerprint density at radius 1 is 1.55 bits per heavy atom. The zero-order valence-corrected chi connectivity index (χ0v) is 11.6. The normalized spacial score (nSPS) is 16.6. The average molecular weight is 281 g/mol. The van der Waals surface area contributed by atoms with Crippen LogP contribution in [0, 0.1) is 10.1 Å². The van der Waals surface area contributed by atoms with Crippen molar-refractivity contribution in [1.82, 2.24) is 14.9 Å². The molecule has 9 heteroatoms. The molecule has 1 aliphatic rings. The number of nitro groups is 1. The first-order valence-electron chi connectivity index (χ1n) is 6.38. The lowest BCUT2D eigenvalue weighted by atomic mass is 9.75. The van der Waals surface area contributed by atoms with Crippen LogP contribution in [-0.2, 0) is 0 Å². The molecule has 1 saturated carbocycles. The van der Waals surface area contributed by atoms with Crippen molar-refractivity contribution in [2.45, 2.75) is 24.8 Å². The fourth-order valence-corrected chi connectivity index (χ4v) is 2.32. The highest BCUT2D eigenvalue weighted by atomic mass is 16.6. The van der Waals surface area contributed by atoms with Crippen molar-refractivity contribution in [2.75, 3.05) is 31.4 Å². The predicted molar refractivity (Wildman–Crippen MR) is 75.3 cm³/mol. The average Bonchev–Trinajstić information content (AvgIpc) is 2.36. The second-order valence-electron chi connectivity index (χ2n) is 5.15. The zero-order valence-electron chi connectivity index (χ0n) is 11.6. The number of anilines is 2. The van der Waals surface area contributed by atoms with Crippen LogP contribution < -0.4 is 16.6 Å². The summed E-state index contributed by atoms with van der Waals surface area (Å²) in [6.07, 6.45) is 4.44. The zero-order chi connectivity index (χ0) is 14.8. The van der Waals surface area contributed by atoms with E-state index in [4.69, 9.17) is 5.84 Å². The van der Waals surface area contributed by atoms with Crippen molar-refractivity contribution in [3.8, 4) is 0 Å². The molecule has 0 bridgehead atoms. The first-order chi connectivity index (χ1) is 9.48. The molecule has 1 aromatic heterocycles. The van der Waals surface area contributed by atoms with E-state index >= 15 is 0 Å². The third kappa shape index (κ3) is 2.63. The first kappa shape index (κ1) is 14.4. The Hall–Kier alpha value is -2.00. The molecule has 0 radical (unpaired) electrons. The summed E-state index contributed by atoms with van der Waals surface area (Å²) < 4.78 is 0. The van der Waals surface area contributed by atoms with Gasteiger partial charge in [0, 0.05) is 12.1 Å². The quantitative estimate of drug-likeness (QED) is 0.393. The number of aromatic nitrogens is 2. The SMILES string of the molecule is CN(C)C1(CNc2nc(NN)ncc2[N+](=O)[O-])CCC1.